The zero-order valence-electron chi connectivity index (χ0n) is 31.9. The average Bonchev–Trinajstić information content (AvgIpc) is 3.37. The number of quaternary nitrogens is 1. The van der Waals surface area contributed by atoms with Crippen molar-refractivity contribution in [1.82, 2.24) is 9.80 Å². The number of hydrogen-bond donors (Lipinski definition) is 2. The monoisotopic (exact) mass is 704 g/mol. The minimum atomic E-state index is -1.36. The lowest BCUT2D eigenvalue weighted by Crippen LogP contribution is -2.63. The number of esters is 1. The third kappa shape index (κ3) is 12.7. The van der Waals surface area contributed by atoms with Crippen LogP contribution in [-0.2, 0) is 19.0 Å². The van der Waals surface area contributed by atoms with E-state index >= 15 is 0 Å². The molecule has 0 spiro atoms. The maximum Gasteiger partial charge on any atom is 0.410 e. The summed E-state index contributed by atoms with van der Waals surface area (Å²) in [6.07, 6.45) is 15.7. The van der Waals surface area contributed by atoms with Gasteiger partial charge in [-0.3, -0.25) is 9.69 Å². The lowest BCUT2D eigenvalue weighted by Gasteiger charge is -2.43. The number of allylic oxidation sites excluding steroid dienone is 2. The summed E-state index contributed by atoms with van der Waals surface area (Å²) in [5.74, 6) is -0.649. The van der Waals surface area contributed by atoms with Gasteiger partial charge in [0.1, 0.15) is 30.8 Å². The van der Waals surface area contributed by atoms with Crippen LogP contribution in [-0.4, -0.2) is 113 Å². The van der Waals surface area contributed by atoms with Gasteiger partial charge in [-0.25, -0.2) is 14.8 Å². The van der Waals surface area contributed by atoms with Gasteiger partial charge in [0.25, 0.3) is 0 Å². The normalized spacial score (nSPS) is 30.3. The van der Waals surface area contributed by atoms with E-state index < -0.39 is 23.9 Å². The van der Waals surface area contributed by atoms with Crippen molar-refractivity contribution in [2.45, 2.75) is 130 Å². The van der Waals surface area contributed by atoms with Gasteiger partial charge in [0.05, 0.1) is 19.7 Å². The maximum atomic E-state index is 13.5. The summed E-state index contributed by atoms with van der Waals surface area (Å²) in [5.41, 5.74) is -0.527. The summed E-state index contributed by atoms with van der Waals surface area (Å²) in [6.45, 7) is 14.1. The van der Waals surface area contributed by atoms with E-state index in [1.165, 1.54) is 12.8 Å². The highest BCUT2D eigenvalue weighted by Crippen LogP contribution is 2.30. The number of cyclic esters (lactones) is 1. The molecule has 284 valence electrons. The van der Waals surface area contributed by atoms with Crippen molar-refractivity contribution in [3.8, 4) is 0 Å². The molecule has 11 nitrogen and oxygen atoms in total. The van der Waals surface area contributed by atoms with E-state index in [-0.39, 0.29) is 53.5 Å². The van der Waals surface area contributed by atoms with E-state index in [9.17, 15) is 24.7 Å². The number of nitrogens with zero attached hydrogens (tertiary/aromatic N) is 3. The summed E-state index contributed by atoms with van der Waals surface area (Å²) in [6, 6.07) is 0.217. The first-order valence-electron chi connectivity index (χ1n) is 19.0. The van der Waals surface area contributed by atoms with Gasteiger partial charge in [0.15, 0.2) is 6.10 Å². The average molecular weight is 705 g/mol. The second kappa shape index (κ2) is 19.6. The van der Waals surface area contributed by atoms with Crippen LogP contribution in [0.5, 0.6) is 0 Å². The summed E-state index contributed by atoms with van der Waals surface area (Å²) in [4.78, 5) is 41.8. The van der Waals surface area contributed by atoms with Crippen LogP contribution >= 0.6 is 0 Å². The molecular weight excluding hydrogens is 638 g/mol. The van der Waals surface area contributed by atoms with Gasteiger partial charge >= 0.3 is 18.2 Å². The molecule has 2 heterocycles. The number of rotatable bonds is 9. The molecule has 2 amide bonds. The number of carbonyl (C=O) groups excluding carboxylic acids is 3. The van der Waals surface area contributed by atoms with Crippen LogP contribution in [0.15, 0.2) is 36.0 Å². The summed E-state index contributed by atoms with van der Waals surface area (Å²) < 4.78 is 17.5. The molecule has 2 fully saturated rings. The van der Waals surface area contributed by atoms with E-state index in [0.29, 0.717) is 45.6 Å². The van der Waals surface area contributed by atoms with E-state index in [1.807, 2.05) is 58.9 Å². The molecule has 0 bridgehead atoms. The molecule has 0 aromatic heterocycles. The predicted molar refractivity (Wildman–Crippen MR) is 193 cm³/mol. The van der Waals surface area contributed by atoms with Crippen LogP contribution in [0.25, 0.3) is 0 Å². The van der Waals surface area contributed by atoms with Gasteiger partial charge in [-0.05, 0) is 63.5 Å². The third-order valence-corrected chi connectivity index (χ3v) is 10.7. The van der Waals surface area contributed by atoms with Crippen molar-refractivity contribution < 1.29 is 43.6 Å². The van der Waals surface area contributed by atoms with Crippen LogP contribution in [0.3, 0.4) is 0 Å². The Balaban J connectivity index is 1.70. The molecule has 2 N–H and O–H groups in total. The number of amides is 2. The van der Waals surface area contributed by atoms with Crippen LogP contribution in [0, 0.1) is 17.8 Å². The molecule has 0 unspecified atom stereocenters. The van der Waals surface area contributed by atoms with Gasteiger partial charge in [-0.2, -0.15) is 4.65 Å². The van der Waals surface area contributed by atoms with Gasteiger partial charge in [-0.1, -0.05) is 64.8 Å². The minimum absolute atomic E-state index is 0.0165. The second-order valence-electron chi connectivity index (χ2n) is 15.5. The van der Waals surface area contributed by atoms with Gasteiger partial charge in [-0.15, -0.1) is 0 Å². The first-order valence-corrected chi connectivity index (χ1v) is 19.0. The van der Waals surface area contributed by atoms with E-state index in [0.717, 1.165) is 37.7 Å². The van der Waals surface area contributed by atoms with Gasteiger partial charge in [0, 0.05) is 44.7 Å². The van der Waals surface area contributed by atoms with Crippen molar-refractivity contribution in [2.24, 2.45) is 17.8 Å². The molecule has 1 saturated carbocycles. The Labute approximate surface area is 300 Å². The highest BCUT2D eigenvalue weighted by atomic mass is 16.6. The van der Waals surface area contributed by atoms with E-state index in [2.05, 4.69) is 0 Å². The molecule has 1 aliphatic carbocycles. The highest BCUT2D eigenvalue weighted by molar-refractivity contribution is 5.70. The first-order chi connectivity index (χ1) is 23.6. The van der Waals surface area contributed by atoms with E-state index in [1.54, 1.807) is 29.8 Å². The van der Waals surface area contributed by atoms with Crippen molar-refractivity contribution in [3.05, 3.63) is 36.0 Å². The molecule has 0 radical (unpaired) electrons. The molecule has 6 atom stereocenters. The van der Waals surface area contributed by atoms with Crippen molar-refractivity contribution >= 4 is 18.2 Å². The molecule has 2 aliphatic heterocycles. The molecule has 11 heteroatoms. The van der Waals surface area contributed by atoms with Crippen molar-refractivity contribution in [3.63, 3.8) is 0 Å². The van der Waals surface area contributed by atoms with E-state index in [4.69, 9.17) is 14.2 Å². The zero-order valence-corrected chi connectivity index (χ0v) is 31.9. The number of hydrogen-bond acceptors (Lipinski definition) is 8. The predicted octanol–water partition coefficient (Wildman–Crippen LogP) is 7.03. The van der Waals surface area contributed by atoms with Crippen LogP contribution in [0.4, 0.5) is 9.59 Å². The fourth-order valence-corrected chi connectivity index (χ4v) is 7.19. The summed E-state index contributed by atoms with van der Waals surface area (Å²) in [5, 5.41) is 23.1. The lowest BCUT2D eigenvalue weighted by atomic mass is 9.87. The topological polar surface area (TPSA) is 126 Å². The molecular formula is C39H66N3O8+. The maximum absolute atomic E-state index is 13.5. The number of ether oxygens (including phenoxy) is 3. The Morgan fingerprint density at radius 3 is 2.44 bits per heavy atom. The fraction of sp³-hybridized carbons (Fsp3) is 0.769. The minimum Gasteiger partial charge on any atom is -0.457 e. The summed E-state index contributed by atoms with van der Waals surface area (Å²) in [7, 11) is 1.72. The van der Waals surface area contributed by atoms with Gasteiger partial charge in [0.2, 0.25) is 0 Å². The Kier molecular flexibility index (Phi) is 16.3. The van der Waals surface area contributed by atoms with Crippen molar-refractivity contribution in [2.75, 3.05) is 46.4 Å². The second-order valence-corrected chi connectivity index (χ2v) is 15.5. The SMILES string of the molecule is CCCN(C)C(=O)OC[C@H](C)/C=C/C=C(\C)[C@H]1OC(=O)C[C@H](C)CC[C@@](C)(O)[C@@H](OC(=O)N2CC[N+](O)(C3CCCCCC3)CC2)/C=C/[C@@H]1C. The smallest absolute Gasteiger partial charge is 0.410 e. The molecule has 1 saturated heterocycles. The lowest BCUT2D eigenvalue weighted by molar-refractivity contribution is -1.12. The third-order valence-electron chi connectivity index (χ3n) is 10.7. The highest BCUT2D eigenvalue weighted by Gasteiger charge is 2.42. The molecule has 50 heavy (non-hydrogen) atoms. The molecule has 0 aromatic rings. The molecule has 0 aromatic carbocycles. The first kappa shape index (κ1) is 41.5. The van der Waals surface area contributed by atoms with Crippen LogP contribution in [0.2, 0.25) is 0 Å². The zero-order chi connectivity index (χ0) is 36.9. The largest absolute Gasteiger partial charge is 0.457 e. The molecule has 3 rings (SSSR count). The standard InChI is InChI=1S/C39H66N3O8/c1-8-22-40(7)37(44)48-28-30(3)14-13-15-31(4)36-32(5)18-19-34(39(6,46)21-20-29(2)27-35(43)50-36)49-38(45)41-23-25-42(47,26-24-41)33-16-11-9-10-12-17-33/h13-15,18-19,29-30,32-34,36,46-47H,8-12,16-17,20-28H2,1-7H3/q+1/b14-13+,19-18+,31-15+/t29-,30-,32+,34+,36-,39-/m1/s1. The fourth-order valence-electron chi connectivity index (χ4n) is 7.19. The summed E-state index contributed by atoms with van der Waals surface area (Å²) >= 11 is 0. The molecule has 3 aliphatic rings. The van der Waals surface area contributed by atoms with Crippen LogP contribution in [0.1, 0.15) is 106 Å². The Bertz CT molecular complexity index is 1180. The number of aliphatic hydroxyl groups is 1. The quantitative estimate of drug-likeness (QED) is 0.0655. The Morgan fingerprint density at radius 2 is 1.80 bits per heavy atom. The number of piperazine rings is 1. The van der Waals surface area contributed by atoms with Crippen molar-refractivity contribution in [1.29, 1.82) is 0 Å². The number of carbonyl (C=O) groups is 3. The van der Waals surface area contributed by atoms with Crippen LogP contribution < -0.4 is 0 Å². The Morgan fingerprint density at radius 1 is 1.14 bits per heavy atom. The van der Waals surface area contributed by atoms with Gasteiger partial charge < -0.3 is 24.2 Å². The Hall–Kier alpha value is -2.89. The number of hydroxylamine groups is 3.